The summed E-state index contributed by atoms with van der Waals surface area (Å²) in [5.41, 5.74) is -0.0920. The molecule has 0 radical (unpaired) electrons. The molecule has 3 rings (SSSR count). The number of halogens is 3. The van der Waals surface area contributed by atoms with Crippen LogP contribution in [0, 0.1) is 18.3 Å². The third kappa shape index (κ3) is 4.71. The third-order valence-corrected chi connectivity index (χ3v) is 4.95. The van der Waals surface area contributed by atoms with Crippen molar-refractivity contribution in [3.63, 3.8) is 0 Å². The van der Waals surface area contributed by atoms with Gasteiger partial charge in [-0.25, -0.2) is 18.4 Å². The van der Waals surface area contributed by atoms with Gasteiger partial charge in [-0.2, -0.15) is 10.4 Å². The van der Waals surface area contributed by atoms with E-state index in [4.69, 9.17) is 11.6 Å². The van der Waals surface area contributed by atoms with Gasteiger partial charge in [-0.1, -0.05) is 23.5 Å². The first-order valence-corrected chi connectivity index (χ1v) is 10.6. The second-order valence-corrected chi connectivity index (χ2v) is 7.41. The second kappa shape index (κ2) is 9.76. The molecule has 0 spiro atoms. The fourth-order valence-electron chi connectivity index (χ4n) is 2.88. The zero-order valence-corrected chi connectivity index (χ0v) is 18.3. The molecule has 0 aliphatic rings. The predicted octanol–water partition coefficient (Wildman–Crippen LogP) is 4.30. The van der Waals surface area contributed by atoms with Gasteiger partial charge < -0.3 is 5.32 Å². The number of alkyl halides is 2. The predicted molar refractivity (Wildman–Crippen MR) is 116 cm³/mol. The molecule has 1 aromatic carbocycles. The lowest BCUT2D eigenvalue weighted by atomic mass is 10.0. The van der Waals surface area contributed by atoms with Gasteiger partial charge in [-0.3, -0.25) is 14.3 Å². The quantitative estimate of drug-likeness (QED) is 0.513. The molecule has 8 nitrogen and oxygen atoms in total. The molecule has 3 aromatic rings. The van der Waals surface area contributed by atoms with Crippen LogP contribution in [0.5, 0.6) is 0 Å². The number of nitrogens with zero attached hydrogens (tertiary/aromatic N) is 4. The molecular formula is C20H15ClF2N6O2S. The summed E-state index contributed by atoms with van der Waals surface area (Å²) in [6.07, 6.45) is 0.0744. The number of nitrogens with one attached hydrogen (secondary N) is 2. The van der Waals surface area contributed by atoms with Gasteiger partial charge in [0.05, 0.1) is 27.9 Å². The molecule has 2 aromatic heterocycles. The molecule has 2 amide bonds. The summed E-state index contributed by atoms with van der Waals surface area (Å²) in [6.45, 7) is 1.60. The van der Waals surface area contributed by atoms with Gasteiger partial charge in [-0.15, -0.1) is 0 Å². The Bertz CT molecular complexity index is 1240. The minimum absolute atomic E-state index is 0.0110. The van der Waals surface area contributed by atoms with Crippen molar-refractivity contribution in [2.75, 3.05) is 11.6 Å². The van der Waals surface area contributed by atoms with E-state index in [2.05, 4.69) is 20.1 Å². The van der Waals surface area contributed by atoms with Crippen LogP contribution in [0.4, 0.5) is 14.5 Å². The Morgan fingerprint density at radius 3 is 2.66 bits per heavy atom. The highest BCUT2D eigenvalue weighted by Crippen LogP contribution is 2.27. The summed E-state index contributed by atoms with van der Waals surface area (Å²) in [5, 5.41) is 15.7. The highest BCUT2D eigenvalue weighted by atomic mass is 35.5. The van der Waals surface area contributed by atoms with E-state index in [9.17, 15) is 23.6 Å². The van der Waals surface area contributed by atoms with Crippen LogP contribution in [0.3, 0.4) is 0 Å². The number of rotatable bonds is 6. The van der Waals surface area contributed by atoms with Gasteiger partial charge in [0.15, 0.2) is 5.82 Å². The SMILES string of the molecule is CSNC(=O)c1cc(C#N)cc(C)c1NC(=O)c1cc(C(F)F)nn1-c1ncccc1Cl. The van der Waals surface area contributed by atoms with Crippen molar-refractivity contribution < 1.29 is 18.4 Å². The van der Waals surface area contributed by atoms with Gasteiger partial charge in [-0.05, 0) is 42.8 Å². The highest BCUT2D eigenvalue weighted by molar-refractivity contribution is 7.97. The normalized spacial score (nSPS) is 10.7. The minimum Gasteiger partial charge on any atom is -0.320 e. The van der Waals surface area contributed by atoms with Crippen LogP contribution in [-0.2, 0) is 0 Å². The summed E-state index contributed by atoms with van der Waals surface area (Å²) in [5.74, 6) is -1.37. The maximum absolute atomic E-state index is 13.3. The Balaban J connectivity index is 2.09. The molecule has 0 aliphatic heterocycles. The van der Waals surface area contributed by atoms with E-state index >= 15 is 0 Å². The molecule has 0 unspecified atom stereocenters. The molecule has 2 N–H and O–H groups in total. The van der Waals surface area contributed by atoms with E-state index in [1.807, 2.05) is 6.07 Å². The number of nitriles is 1. The monoisotopic (exact) mass is 476 g/mol. The molecule has 32 heavy (non-hydrogen) atoms. The topological polar surface area (TPSA) is 113 Å². The number of pyridine rings is 1. The van der Waals surface area contributed by atoms with E-state index in [-0.39, 0.29) is 33.3 Å². The summed E-state index contributed by atoms with van der Waals surface area (Å²) in [7, 11) is 0. The standard InChI is InChI=1S/C20H15ClF2N6O2S/c1-10-6-11(9-24)7-12(19(30)28-32-2)16(10)26-20(31)15-8-14(17(22)23)27-29(15)18-13(21)4-3-5-25-18/h3-8,17H,1-2H3,(H,26,31)(H,28,30). The van der Waals surface area contributed by atoms with Crippen molar-refractivity contribution in [2.24, 2.45) is 0 Å². The van der Waals surface area contributed by atoms with Crippen LogP contribution in [0.2, 0.25) is 5.02 Å². The maximum atomic E-state index is 13.3. The molecule has 0 aliphatic carbocycles. The molecule has 0 saturated carbocycles. The Hall–Kier alpha value is -3.49. The van der Waals surface area contributed by atoms with Gasteiger partial charge in [0.25, 0.3) is 18.2 Å². The van der Waals surface area contributed by atoms with Gasteiger partial charge in [0.2, 0.25) is 0 Å². The molecule has 0 saturated heterocycles. The van der Waals surface area contributed by atoms with Gasteiger partial charge in [0.1, 0.15) is 11.4 Å². The van der Waals surface area contributed by atoms with E-state index < -0.39 is 23.9 Å². The number of anilines is 1. The van der Waals surface area contributed by atoms with Crippen molar-refractivity contribution in [1.82, 2.24) is 19.5 Å². The first-order chi connectivity index (χ1) is 15.3. The summed E-state index contributed by atoms with van der Waals surface area (Å²) >= 11 is 7.16. The van der Waals surface area contributed by atoms with Gasteiger partial charge >= 0.3 is 0 Å². The average molecular weight is 477 g/mol. The number of aryl methyl sites for hydroxylation is 1. The van der Waals surface area contributed by atoms with E-state index in [0.717, 1.165) is 22.7 Å². The summed E-state index contributed by atoms with van der Waals surface area (Å²) in [6, 6.07) is 8.71. The van der Waals surface area contributed by atoms with Crippen molar-refractivity contribution in [3.05, 3.63) is 69.6 Å². The first-order valence-electron chi connectivity index (χ1n) is 8.95. The van der Waals surface area contributed by atoms with E-state index in [1.54, 1.807) is 19.2 Å². The number of hydrogen-bond donors (Lipinski definition) is 2. The van der Waals surface area contributed by atoms with E-state index in [0.29, 0.717) is 5.56 Å². The molecule has 12 heteroatoms. The minimum atomic E-state index is -2.94. The fourth-order valence-corrected chi connectivity index (χ4v) is 3.38. The Morgan fingerprint density at radius 1 is 1.28 bits per heavy atom. The maximum Gasteiger partial charge on any atom is 0.282 e. The van der Waals surface area contributed by atoms with Gasteiger partial charge in [0, 0.05) is 12.5 Å². The number of carbonyl (C=O) groups excluding carboxylic acids is 2. The lowest BCUT2D eigenvalue weighted by Gasteiger charge is -2.15. The molecule has 0 atom stereocenters. The largest absolute Gasteiger partial charge is 0.320 e. The summed E-state index contributed by atoms with van der Waals surface area (Å²) < 4.78 is 30.1. The number of amides is 2. The molecule has 0 bridgehead atoms. The molecule has 0 fully saturated rings. The molecule has 164 valence electrons. The molecular weight excluding hydrogens is 462 g/mol. The Morgan fingerprint density at radius 2 is 2.03 bits per heavy atom. The number of aromatic nitrogens is 3. The molecule has 2 heterocycles. The number of hydrogen-bond acceptors (Lipinski definition) is 6. The van der Waals surface area contributed by atoms with Crippen LogP contribution in [-0.4, -0.2) is 32.8 Å². The van der Waals surface area contributed by atoms with Crippen molar-refractivity contribution in [2.45, 2.75) is 13.3 Å². The van der Waals surface area contributed by atoms with Crippen LogP contribution < -0.4 is 10.0 Å². The fraction of sp³-hybridized carbons (Fsp3) is 0.150. The smallest absolute Gasteiger partial charge is 0.282 e. The van der Waals surface area contributed by atoms with Crippen LogP contribution in [0.1, 0.15) is 44.1 Å². The van der Waals surface area contributed by atoms with Crippen LogP contribution in [0.25, 0.3) is 5.82 Å². The van der Waals surface area contributed by atoms with E-state index in [1.165, 1.54) is 24.4 Å². The Labute approximate surface area is 190 Å². The lowest BCUT2D eigenvalue weighted by molar-refractivity contribution is 0.0985. The van der Waals surface area contributed by atoms with Crippen molar-refractivity contribution >= 4 is 41.1 Å². The second-order valence-electron chi connectivity index (χ2n) is 6.39. The number of carbonyl (C=O) groups is 2. The highest BCUT2D eigenvalue weighted by Gasteiger charge is 2.25. The first kappa shape index (κ1) is 23.2. The van der Waals surface area contributed by atoms with Crippen LogP contribution >= 0.6 is 23.5 Å². The summed E-state index contributed by atoms with van der Waals surface area (Å²) in [4.78, 5) is 29.6. The van der Waals surface area contributed by atoms with Crippen LogP contribution in [0.15, 0.2) is 36.5 Å². The zero-order valence-electron chi connectivity index (χ0n) is 16.7. The average Bonchev–Trinajstić information content (AvgIpc) is 3.21. The zero-order chi connectivity index (χ0) is 23.4. The third-order valence-electron chi connectivity index (χ3n) is 4.27. The van der Waals surface area contributed by atoms with Crippen molar-refractivity contribution in [3.8, 4) is 11.9 Å². The lowest BCUT2D eigenvalue weighted by Crippen LogP contribution is -2.23. The Kier molecular flexibility index (Phi) is 7.07. The number of benzene rings is 1. The van der Waals surface area contributed by atoms with Crippen molar-refractivity contribution in [1.29, 1.82) is 5.26 Å².